The number of hydrogen-bond donors (Lipinski definition) is 1. The average molecular weight is 247 g/mol. The minimum Gasteiger partial charge on any atom is -0.311 e. The highest BCUT2D eigenvalue weighted by Crippen LogP contribution is 2.27. The molecule has 3 nitrogen and oxygen atoms in total. The summed E-state index contributed by atoms with van der Waals surface area (Å²) in [6, 6.07) is 6.73. The highest BCUT2D eigenvalue weighted by molar-refractivity contribution is 7.14. The molecule has 1 unspecified atom stereocenters. The summed E-state index contributed by atoms with van der Waals surface area (Å²) in [7, 11) is 1.93. The Kier molecular flexibility index (Phi) is 3.54. The lowest BCUT2D eigenvalue weighted by Gasteiger charge is -2.03. The molecule has 2 rings (SSSR count). The maximum Gasteiger partial charge on any atom is 0.147 e. The summed E-state index contributed by atoms with van der Waals surface area (Å²) >= 11 is 1.65. The number of aromatic nitrogens is 2. The molecule has 1 atom stereocenters. The van der Waals surface area contributed by atoms with Gasteiger partial charge < -0.3 is 5.32 Å². The van der Waals surface area contributed by atoms with Crippen LogP contribution in [0.3, 0.4) is 0 Å². The van der Waals surface area contributed by atoms with Crippen LogP contribution in [0.1, 0.15) is 29.1 Å². The van der Waals surface area contributed by atoms with Gasteiger partial charge in [-0.3, -0.25) is 0 Å². The molecule has 0 aliphatic carbocycles. The molecule has 0 amide bonds. The quantitative estimate of drug-likeness (QED) is 0.905. The second-order valence-electron chi connectivity index (χ2n) is 4.33. The molecular weight excluding hydrogens is 230 g/mol. The second-order valence-corrected chi connectivity index (χ2v) is 5.34. The Labute approximate surface area is 106 Å². The van der Waals surface area contributed by atoms with Crippen LogP contribution in [0.2, 0.25) is 0 Å². The maximum absolute atomic E-state index is 4.27. The Bertz CT molecular complexity index is 499. The van der Waals surface area contributed by atoms with E-state index in [0.29, 0.717) is 0 Å². The minimum atomic E-state index is 0.257. The van der Waals surface area contributed by atoms with Crippen molar-refractivity contribution in [3.63, 3.8) is 0 Å². The van der Waals surface area contributed by atoms with Crippen LogP contribution in [0.5, 0.6) is 0 Å². The molecule has 0 spiro atoms. The molecule has 2 aromatic rings. The molecule has 1 aromatic carbocycles. The monoisotopic (exact) mass is 247 g/mol. The van der Waals surface area contributed by atoms with Crippen molar-refractivity contribution in [3.8, 4) is 10.6 Å². The first-order valence-corrected chi connectivity index (χ1v) is 6.51. The van der Waals surface area contributed by atoms with Crippen molar-refractivity contribution in [2.24, 2.45) is 0 Å². The smallest absolute Gasteiger partial charge is 0.147 e. The van der Waals surface area contributed by atoms with Crippen LogP contribution in [-0.2, 0) is 0 Å². The molecular formula is C13H17N3S. The molecule has 90 valence electrons. The summed E-state index contributed by atoms with van der Waals surface area (Å²) in [6.07, 6.45) is 0. The zero-order chi connectivity index (χ0) is 12.4. The van der Waals surface area contributed by atoms with Crippen molar-refractivity contribution in [3.05, 3.63) is 34.3 Å². The van der Waals surface area contributed by atoms with Gasteiger partial charge in [0.25, 0.3) is 0 Å². The first-order chi connectivity index (χ1) is 8.10. The van der Waals surface area contributed by atoms with E-state index in [0.717, 1.165) is 15.6 Å². The summed E-state index contributed by atoms with van der Waals surface area (Å²) in [6.45, 7) is 6.30. The zero-order valence-corrected chi connectivity index (χ0v) is 11.4. The van der Waals surface area contributed by atoms with E-state index in [4.69, 9.17) is 0 Å². The Morgan fingerprint density at radius 3 is 2.35 bits per heavy atom. The fourth-order valence-electron chi connectivity index (χ4n) is 1.75. The van der Waals surface area contributed by atoms with Gasteiger partial charge in [0.2, 0.25) is 0 Å². The molecule has 0 aliphatic rings. The van der Waals surface area contributed by atoms with Gasteiger partial charge in [0.1, 0.15) is 10.0 Å². The van der Waals surface area contributed by atoms with Crippen LogP contribution in [0.4, 0.5) is 0 Å². The molecule has 1 heterocycles. The van der Waals surface area contributed by atoms with Gasteiger partial charge >= 0.3 is 0 Å². The number of hydrogen-bond acceptors (Lipinski definition) is 4. The normalized spacial score (nSPS) is 12.7. The lowest BCUT2D eigenvalue weighted by Crippen LogP contribution is -2.11. The van der Waals surface area contributed by atoms with Gasteiger partial charge in [-0.15, -0.1) is 10.2 Å². The molecule has 1 N–H and O–H groups in total. The van der Waals surface area contributed by atoms with Crippen molar-refractivity contribution < 1.29 is 0 Å². The number of nitrogens with zero attached hydrogens (tertiary/aromatic N) is 2. The predicted octanol–water partition coefficient (Wildman–Crippen LogP) is 3.10. The molecule has 1 aromatic heterocycles. The molecule has 0 saturated heterocycles. The highest BCUT2D eigenvalue weighted by atomic mass is 32.1. The second kappa shape index (κ2) is 4.94. The predicted molar refractivity (Wildman–Crippen MR) is 72.3 cm³/mol. The standard InChI is InChI=1S/C13H17N3S/c1-8-5-9(2)7-11(6-8)13-16-15-12(17-13)10(3)14-4/h5-7,10,14H,1-4H3. The fourth-order valence-corrected chi connectivity index (χ4v) is 2.64. The van der Waals surface area contributed by atoms with Gasteiger partial charge in [0.15, 0.2) is 0 Å². The topological polar surface area (TPSA) is 37.8 Å². The number of aryl methyl sites for hydroxylation is 2. The number of nitrogens with one attached hydrogen (secondary N) is 1. The van der Waals surface area contributed by atoms with Gasteiger partial charge in [0, 0.05) is 5.56 Å². The van der Waals surface area contributed by atoms with E-state index in [-0.39, 0.29) is 6.04 Å². The summed E-state index contributed by atoms with van der Waals surface area (Å²) in [5.41, 5.74) is 3.69. The third kappa shape index (κ3) is 2.70. The minimum absolute atomic E-state index is 0.257. The Balaban J connectivity index is 2.36. The Hall–Kier alpha value is -1.26. The van der Waals surface area contributed by atoms with Crippen molar-refractivity contribution in [1.82, 2.24) is 15.5 Å². The van der Waals surface area contributed by atoms with E-state index >= 15 is 0 Å². The molecule has 4 heteroatoms. The Morgan fingerprint density at radius 2 is 1.76 bits per heavy atom. The van der Waals surface area contributed by atoms with Gasteiger partial charge in [-0.1, -0.05) is 28.5 Å². The van der Waals surface area contributed by atoms with E-state index in [1.807, 2.05) is 7.05 Å². The molecule has 0 aliphatic heterocycles. The van der Waals surface area contributed by atoms with E-state index in [1.165, 1.54) is 11.1 Å². The van der Waals surface area contributed by atoms with Crippen LogP contribution in [0.15, 0.2) is 18.2 Å². The molecule has 0 bridgehead atoms. The van der Waals surface area contributed by atoms with Crippen molar-refractivity contribution >= 4 is 11.3 Å². The molecule has 0 saturated carbocycles. The lowest BCUT2D eigenvalue weighted by atomic mass is 10.1. The van der Waals surface area contributed by atoms with E-state index in [9.17, 15) is 0 Å². The molecule has 0 fully saturated rings. The SMILES string of the molecule is CNC(C)c1nnc(-c2cc(C)cc(C)c2)s1. The van der Waals surface area contributed by atoms with Gasteiger partial charge in [-0.2, -0.15) is 0 Å². The van der Waals surface area contributed by atoms with Gasteiger partial charge in [-0.25, -0.2) is 0 Å². The third-order valence-corrected chi connectivity index (χ3v) is 3.87. The molecule has 17 heavy (non-hydrogen) atoms. The van der Waals surface area contributed by atoms with E-state index in [1.54, 1.807) is 11.3 Å². The van der Waals surface area contributed by atoms with Crippen LogP contribution < -0.4 is 5.32 Å². The van der Waals surface area contributed by atoms with Crippen LogP contribution >= 0.6 is 11.3 Å². The number of rotatable bonds is 3. The van der Waals surface area contributed by atoms with Crippen molar-refractivity contribution in [2.75, 3.05) is 7.05 Å². The molecule has 0 radical (unpaired) electrons. The highest BCUT2D eigenvalue weighted by Gasteiger charge is 2.11. The zero-order valence-electron chi connectivity index (χ0n) is 10.6. The summed E-state index contributed by atoms with van der Waals surface area (Å²) in [5, 5.41) is 13.7. The lowest BCUT2D eigenvalue weighted by molar-refractivity contribution is 0.640. The summed E-state index contributed by atoms with van der Waals surface area (Å²) in [4.78, 5) is 0. The van der Waals surface area contributed by atoms with E-state index in [2.05, 4.69) is 54.5 Å². The van der Waals surface area contributed by atoms with E-state index < -0.39 is 0 Å². The summed E-state index contributed by atoms with van der Waals surface area (Å²) < 4.78 is 0. The average Bonchev–Trinajstić information content (AvgIpc) is 2.76. The first kappa shape index (κ1) is 12.2. The fraction of sp³-hybridized carbons (Fsp3) is 0.385. The van der Waals surface area contributed by atoms with Gasteiger partial charge in [0.05, 0.1) is 6.04 Å². The van der Waals surface area contributed by atoms with Crippen LogP contribution in [0.25, 0.3) is 10.6 Å². The third-order valence-electron chi connectivity index (χ3n) is 2.71. The summed E-state index contributed by atoms with van der Waals surface area (Å²) in [5.74, 6) is 0. The van der Waals surface area contributed by atoms with Gasteiger partial charge in [-0.05, 0) is 40.0 Å². The van der Waals surface area contributed by atoms with Crippen LogP contribution in [0, 0.1) is 13.8 Å². The number of benzene rings is 1. The largest absolute Gasteiger partial charge is 0.311 e. The van der Waals surface area contributed by atoms with Crippen molar-refractivity contribution in [1.29, 1.82) is 0 Å². The first-order valence-electron chi connectivity index (χ1n) is 5.69. The maximum atomic E-state index is 4.27. The van der Waals surface area contributed by atoms with Crippen LogP contribution in [-0.4, -0.2) is 17.2 Å². The van der Waals surface area contributed by atoms with Crippen molar-refractivity contribution in [2.45, 2.75) is 26.8 Å². The Morgan fingerprint density at radius 1 is 1.12 bits per heavy atom.